The number of H-pyrrole nitrogens is 1. The topological polar surface area (TPSA) is 67.4 Å². The molecule has 26 heavy (non-hydrogen) atoms. The van der Waals surface area contributed by atoms with Gasteiger partial charge in [0.2, 0.25) is 5.91 Å². The van der Waals surface area contributed by atoms with Gasteiger partial charge >= 0.3 is 0 Å². The lowest BCUT2D eigenvalue weighted by molar-refractivity contribution is -0.131. The number of nitrogens with one attached hydrogen (secondary N) is 1. The van der Waals surface area contributed by atoms with Crippen LogP contribution in [-0.2, 0) is 16.0 Å². The van der Waals surface area contributed by atoms with Gasteiger partial charge in [-0.05, 0) is 30.7 Å². The molecule has 0 aliphatic carbocycles. The van der Waals surface area contributed by atoms with Crippen molar-refractivity contribution >= 4 is 17.5 Å². The minimum Gasteiger partial charge on any atom is -0.493 e. The maximum absolute atomic E-state index is 12.1. The molecular weight excluding hydrogens is 354 g/mol. The van der Waals surface area contributed by atoms with Gasteiger partial charge in [0.15, 0.2) is 0 Å². The van der Waals surface area contributed by atoms with E-state index in [1.807, 2.05) is 23.1 Å². The molecule has 1 fully saturated rings. The Balaban J connectivity index is 1.46. The summed E-state index contributed by atoms with van der Waals surface area (Å²) in [6.07, 6.45) is 2.13. The first-order chi connectivity index (χ1) is 12.7. The third-order valence-corrected chi connectivity index (χ3v) is 4.80. The molecule has 140 valence electrons. The highest BCUT2D eigenvalue weighted by Gasteiger charge is 2.28. The van der Waals surface area contributed by atoms with Gasteiger partial charge in [-0.2, -0.15) is 5.10 Å². The Morgan fingerprint density at radius 2 is 2.27 bits per heavy atom. The lowest BCUT2D eigenvalue weighted by Gasteiger charge is -2.15. The summed E-state index contributed by atoms with van der Waals surface area (Å²) >= 11 is 5.95. The predicted octanol–water partition coefficient (Wildman–Crippen LogP) is 3.04. The molecule has 1 N–H and O–H groups in total. The summed E-state index contributed by atoms with van der Waals surface area (Å²) in [5.74, 6) is 1.21. The summed E-state index contributed by atoms with van der Waals surface area (Å²) in [6, 6.07) is 9.45. The zero-order valence-corrected chi connectivity index (χ0v) is 15.7. The normalized spacial score (nSPS) is 16.8. The average molecular weight is 378 g/mol. The molecule has 2 aromatic rings. The first kappa shape index (κ1) is 18.7. The number of ether oxygens (including phenoxy) is 2. The fourth-order valence-electron chi connectivity index (χ4n) is 3.13. The maximum atomic E-state index is 12.1. The zero-order chi connectivity index (χ0) is 18.4. The molecule has 1 amide bonds. The lowest BCUT2D eigenvalue weighted by atomic mass is 10.0. The molecule has 2 heterocycles. The van der Waals surface area contributed by atoms with E-state index in [9.17, 15) is 4.79 Å². The molecular formula is C19H24ClN3O3. The van der Waals surface area contributed by atoms with Crippen molar-refractivity contribution in [3.8, 4) is 5.75 Å². The number of halogens is 1. The standard InChI is InChI=1S/C19H24ClN3O3/c1-25-9-7-19(24)23-8-5-14(13-23)18-12-16(21-22-18)6-10-26-17-4-2-3-15(20)11-17/h2-4,11-12,14H,5-10,13H2,1H3,(H,21,22)/t14-/m0/s1. The van der Waals surface area contributed by atoms with E-state index in [1.54, 1.807) is 13.2 Å². The fourth-order valence-corrected chi connectivity index (χ4v) is 3.31. The van der Waals surface area contributed by atoms with Crippen LogP contribution in [0, 0.1) is 0 Å². The number of benzene rings is 1. The summed E-state index contributed by atoms with van der Waals surface area (Å²) in [5.41, 5.74) is 2.05. The molecule has 3 rings (SSSR count). The number of rotatable bonds is 8. The van der Waals surface area contributed by atoms with Crippen LogP contribution < -0.4 is 4.74 Å². The average Bonchev–Trinajstić information content (AvgIpc) is 3.29. The second kappa shape index (κ2) is 9.05. The minimum atomic E-state index is 0.153. The van der Waals surface area contributed by atoms with Crippen molar-refractivity contribution in [2.75, 3.05) is 33.4 Å². The summed E-state index contributed by atoms with van der Waals surface area (Å²) < 4.78 is 10.7. The first-order valence-corrected chi connectivity index (χ1v) is 9.23. The van der Waals surface area contributed by atoms with Gasteiger partial charge in [0.25, 0.3) is 0 Å². The molecule has 0 bridgehead atoms. The first-order valence-electron chi connectivity index (χ1n) is 8.85. The number of aromatic nitrogens is 2. The molecule has 1 saturated heterocycles. The van der Waals surface area contributed by atoms with E-state index < -0.39 is 0 Å². The maximum Gasteiger partial charge on any atom is 0.224 e. The van der Waals surface area contributed by atoms with Crippen LogP contribution in [0.2, 0.25) is 5.02 Å². The summed E-state index contributed by atoms with van der Waals surface area (Å²) in [5, 5.41) is 8.17. The van der Waals surface area contributed by atoms with Crippen molar-refractivity contribution in [1.82, 2.24) is 15.1 Å². The van der Waals surface area contributed by atoms with Crippen molar-refractivity contribution in [3.05, 3.63) is 46.7 Å². The van der Waals surface area contributed by atoms with Crippen molar-refractivity contribution < 1.29 is 14.3 Å². The van der Waals surface area contributed by atoms with Crippen LogP contribution in [0.3, 0.4) is 0 Å². The number of methoxy groups -OCH3 is 1. The van der Waals surface area contributed by atoms with Crippen LogP contribution in [0.5, 0.6) is 5.75 Å². The molecule has 0 unspecified atom stereocenters. The lowest BCUT2D eigenvalue weighted by Crippen LogP contribution is -2.29. The van der Waals surface area contributed by atoms with Gasteiger partial charge in [-0.1, -0.05) is 17.7 Å². The molecule has 0 spiro atoms. The second-order valence-corrected chi connectivity index (χ2v) is 6.88. The number of carbonyl (C=O) groups excluding carboxylic acids is 1. The van der Waals surface area contributed by atoms with E-state index >= 15 is 0 Å². The summed E-state index contributed by atoms with van der Waals surface area (Å²) in [6.45, 7) is 2.53. The Kier molecular flexibility index (Phi) is 6.52. The highest BCUT2D eigenvalue weighted by Crippen LogP contribution is 2.26. The fraction of sp³-hybridized carbons (Fsp3) is 0.474. The SMILES string of the molecule is COCCC(=O)N1CC[C@H](c2cc(CCOc3cccc(Cl)c3)[nH]n2)C1. The van der Waals surface area contributed by atoms with Crippen LogP contribution in [0.4, 0.5) is 0 Å². The number of hydrogen-bond acceptors (Lipinski definition) is 4. The van der Waals surface area contributed by atoms with Crippen LogP contribution in [0.15, 0.2) is 30.3 Å². The van der Waals surface area contributed by atoms with Gasteiger partial charge in [-0.3, -0.25) is 9.89 Å². The molecule has 1 aromatic heterocycles. The van der Waals surface area contributed by atoms with Crippen LogP contribution in [0.25, 0.3) is 0 Å². The molecule has 7 heteroatoms. The number of aromatic amines is 1. The van der Waals surface area contributed by atoms with Gasteiger partial charge in [0.1, 0.15) is 5.75 Å². The summed E-state index contributed by atoms with van der Waals surface area (Å²) in [7, 11) is 1.61. The van der Waals surface area contributed by atoms with E-state index in [4.69, 9.17) is 21.1 Å². The number of likely N-dealkylation sites (tertiary alicyclic amines) is 1. The Morgan fingerprint density at radius 1 is 1.38 bits per heavy atom. The molecule has 0 saturated carbocycles. The highest BCUT2D eigenvalue weighted by atomic mass is 35.5. The van der Waals surface area contributed by atoms with Crippen LogP contribution >= 0.6 is 11.6 Å². The second-order valence-electron chi connectivity index (χ2n) is 6.44. The number of hydrogen-bond donors (Lipinski definition) is 1. The predicted molar refractivity (Wildman–Crippen MR) is 99.7 cm³/mol. The Bertz CT molecular complexity index is 734. The molecule has 1 aliphatic heterocycles. The van der Waals surface area contributed by atoms with E-state index in [0.29, 0.717) is 30.6 Å². The molecule has 6 nitrogen and oxygen atoms in total. The van der Waals surface area contributed by atoms with E-state index in [-0.39, 0.29) is 5.91 Å². The van der Waals surface area contributed by atoms with Gasteiger partial charge < -0.3 is 14.4 Å². The monoisotopic (exact) mass is 377 g/mol. The number of amides is 1. The third-order valence-electron chi connectivity index (χ3n) is 4.57. The molecule has 1 aromatic carbocycles. The number of carbonyl (C=O) groups is 1. The third kappa shape index (κ3) is 4.99. The smallest absolute Gasteiger partial charge is 0.224 e. The van der Waals surface area contributed by atoms with Crippen LogP contribution in [-0.4, -0.2) is 54.4 Å². The van der Waals surface area contributed by atoms with Crippen molar-refractivity contribution in [2.45, 2.75) is 25.2 Å². The zero-order valence-electron chi connectivity index (χ0n) is 14.9. The van der Waals surface area contributed by atoms with E-state index in [1.165, 1.54) is 0 Å². The van der Waals surface area contributed by atoms with Crippen molar-refractivity contribution in [2.24, 2.45) is 0 Å². The van der Waals surface area contributed by atoms with Gasteiger partial charge in [0.05, 0.1) is 25.3 Å². The van der Waals surface area contributed by atoms with Gasteiger partial charge in [-0.25, -0.2) is 0 Å². The van der Waals surface area contributed by atoms with Crippen molar-refractivity contribution in [3.63, 3.8) is 0 Å². The Morgan fingerprint density at radius 3 is 3.08 bits per heavy atom. The quantitative estimate of drug-likeness (QED) is 0.767. The van der Waals surface area contributed by atoms with E-state index in [0.717, 1.165) is 43.1 Å². The molecule has 0 radical (unpaired) electrons. The van der Waals surface area contributed by atoms with E-state index in [2.05, 4.69) is 16.3 Å². The van der Waals surface area contributed by atoms with Crippen LogP contribution in [0.1, 0.15) is 30.1 Å². The van der Waals surface area contributed by atoms with Crippen molar-refractivity contribution in [1.29, 1.82) is 0 Å². The van der Waals surface area contributed by atoms with Gasteiger partial charge in [-0.15, -0.1) is 0 Å². The molecule has 1 atom stereocenters. The molecule has 1 aliphatic rings. The number of nitrogens with zero attached hydrogens (tertiary/aromatic N) is 2. The Hall–Kier alpha value is -2.05. The highest BCUT2D eigenvalue weighted by molar-refractivity contribution is 6.30. The Labute approximate surface area is 158 Å². The summed E-state index contributed by atoms with van der Waals surface area (Å²) in [4.78, 5) is 14.0. The van der Waals surface area contributed by atoms with Gasteiger partial charge in [0, 0.05) is 43.3 Å². The largest absolute Gasteiger partial charge is 0.493 e. The minimum absolute atomic E-state index is 0.153.